The molecule has 0 saturated carbocycles. The quantitative estimate of drug-likeness (QED) is 0.615. The fraction of sp³-hybridized carbons (Fsp3) is 0.381. The van der Waals surface area contributed by atoms with Gasteiger partial charge in [-0.3, -0.25) is 4.79 Å². The number of benzene rings is 1. The number of carbonyl (C=O) groups is 1. The van der Waals surface area contributed by atoms with Crippen molar-refractivity contribution in [3.8, 4) is 0 Å². The van der Waals surface area contributed by atoms with Crippen LogP contribution in [0.4, 0.5) is 4.39 Å². The van der Waals surface area contributed by atoms with Crippen molar-refractivity contribution in [2.45, 2.75) is 51.7 Å². The van der Waals surface area contributed by atoms with Crippen LogP contribution in [0.2, 0.25) is 0 Å². The average molecular weight is 370 g/mol. The van der Waals surface area contributed by atoms with Gasteiger partial charge < -0.3 is 9.47 Å². The van der Waals surface area contributed by atoms with Crippen LogP contribution >= 0.6 is 11.3 Å². The molecular weight excluding hydrogens is 347 g/mol. The number of hydrogen-bond donors (Lipinski definition) is 0. The maximum absolute atomic E-state index is 13.4. The molecule has 1 fully saturated rings. The first-order valence-corrected chi connectivity index (χ1v) is 10.1. The third-order valence-electron chi connectivity index (χ3n) is 5.42. The molecule has 3 aromatic rings. The van der Waals surface area contributed by atoms with Crippen molar-refractivity contribution in [2.75, 3.05) is 0 Å². The van der Waals surface area contributed by atoms with Gasteiger partial charge in [-0.1, -0.05) is 12.1 Å². The molecule has 0 bridgehead atoms. The van der Waals surface area contributed by atoms with Crippen LogP contribution in [0.5, 0.6) is 0 Å². The van der Waals surface area contributed by atoms with Gasteiger partial charge in [0.15, 0.2) is 0 Å². The number of halogens is 1. The Bertz CT molecular complexity index is 917. The zero-order valence-electron chi connectivity index (χ0n) is 15.1. The Morgan fingerprint density at radius 1 is 1.15 bits per heavy atom. The number of hydrogen-bond acceptors (Lipinski definition) is 2. The molecular formula is C21H23FN2OS. The molecule has 2 atom stereocenters. The fourth-order valence-electron chi connectivity index (χ4n) is 4.05. The van der Waals surface area contributed by atoms with Gasteiger partial charge in [-0.25, -0.2) is 4.39 Å². The molecule has 3 heterocycles. The summed E-state index contributed by atoms with van der Waals surface area (Å²) < 4.78 is 16.4. The summed E-state index contributed by atoms with van der Waals surface area (Å²) in [5.74, 6) is -0.135. The first-order valence-electron chi connectivity index (χ1n) is 9.18. The number of likely N-dealkylation sites (tertiary alicyclic amines) is 1. The summed E-state index contributed by atoms with van der Waals surface area (Å²) in [6.45, 7) is 4.85. The zero-order chi connectivity index (χ0) is 18.3. The van der Waals surface area contributed by atoms with E-state index >= 15 is 0 Å². The zero-order valence-corrected chi connectivity index (χ0v) is 15.9. The van der Waals surface area contributed by atoms with E-state index in [-0.39, 0.29) is 23.8 Å². The van der Waals surface area contributed by atoms with E-state index < -0.39 is 0 Å². The van der Waals surface area contributed by atoms with Gasteiger partial charge in [-0.15, -0.1) is 11.3 Å². The van der Waals surface area contributed by atoms with Crippen LogP contribution in [-0.2, 0) is 6.54 Å². The molecule has 1 aromatic carbocycles. The molecule has 2 unspecified atom stereocenters. The van der Waals surface area contributed by atoms with E-state index in [1.54, 1.807) is 23.5 Å². The maximum Gasteiger partial charge on any atom is 0.271 e. The molecule has 136 valence electrons. The Labute approximate surface area is 157 Å². The van der Waals surface area contributed by atoms with Crippen molar-refractivity contribution in [3.63, 3.8) is 0 Å². The number of nitrogens with zero attached hydrogens (tertiary/aromatic N) is 2. The molecule has 0 radical (unpaired) electrons. The van der Waals surface area contributed by atoms with Crippen LogP contribution in [0.25, 0.3) is 10.2 Å². The number of aromatic nitrogens is 1. The highest BCUT2D eigenvalue weighted by molar-refractivity contribution is 7.17. The van der Waals surface area contributed by atoms with Gasteiger partial charge in [0.2, 0.25) is 0 Å². The number of fused-ring (bicyclic) bond motifs is 1. The van der Waals surface area contributed by atoms with Crippen molar-refractivity contribution < 1.29 is 9.18 Å². The van der Waals surface area contributed by atoms with Crippen molar-refractivity contribution in [2.24, 2.45) is 0 Å². The van der Waals surface area contributed by atoms with Crippen LogP contribution < -0.4 is 0 Å². The minimum Gasteiger partial charge on any atom is -0.332 e. The van der Waals surface area contributed by atoms with Crippen LogP contribution in [0.3, 0.4) is 0 Å². The highest BCUT2D eigenvalue weighted by Crippen LogP contribution is 2.30. The highest BCUT2D eigenvalue weighted by Gasteiger charge is 2.31. The monoisotopic (exact) mass is 370 g/mol. The van der Waals surface area contributed by atoms with Gasteiger partial charge in [0.1, 0.15) is 11.5 Å². The number of piperidine rings is 1. The molecule has 3 nitrogen and oxygen atoms in total. The lowest BCUT2D eigenvalue weighted by Crippen LogP contribution is -2.48. The van der Waals surface area contributed by atoms with E-state index in [2.05, 4.69) is 24.5 Å². The third kappa shape index (κ3) is 3.05. The van der Waals surface area contributed by atoms with Gasteiger partial charge in [-0.05, 0) is 68.3 Å². The summed E-state index contributed by atoms with van der Waals surface area (Å²) in [6, 6.07) is 11.1. The maximum atomic E-state index is 13.4. The molecule has 4 rings (SSSR count). The third-order valence-corrected chi connectivity index (χ3v) is 6.28. The summed E-state index contributed by atoms with van der Waals surface area (Å²) in [7, 11) is 0. The lowest BCUT2D eigenvalue weighted by atomic mass is 9.97. The van der Waals surface area contributed by atoms with Gasteiger partial charge in [-0.2, -0.15) is 0 Å². The molecule has 2 aromatic heterocycles. The molecule has 0 aliphatic carbocycles. The normalized spacial score (nSPS) is 20.7. The van der Waals surface area contributed by atoms with E-state index in [4.69, 9.17) is 0 Å². The molecule has 0 spiro atoms. The van der Waals surface area contributed by atoms with E-state index in [0.29, 0.717) is 6.54 Å². The predicted molar refractivity (Wildman–Crippen MR) is 104 cm³/mol. The van der Waals surface area contributed by atoms with Crippen LogP contribution in [0.15, 0.2) is 41.8 Å². The van der Waals surface area contributed by atoms with Crippen molar-refractivity contribution in [1.29, 1.82) is 0 Å². The van der Waals surface area contributed by atoms with E-state index in [1.165, 1.54) is 18.6 Å². The topological polar surface area (TPSA) is 25.2 Å². The Morgan fingerprint density at radius 3 is 2.54 bits per heavy atom. The Kier molecular flexibility index (Phi) is 4.57. The second-order valence-corrected chi connectivity index (χ2v) is 8.20. The molecule has 1 aliphatic rings. The molecule has 1 saturated heterocycles. The molecule has 1 amide bonds. The van der Waals surface area contributed by atoms with Gasteiger partial charge >= 0.3 is 0 Å². The van der Waals surface area contributed by atoms with Crippen LogP contribution in [0, 0.1) is 5.82 Å². The van der Waals surface area contributed by atoms with E-state index in [1.807, 2.05) is 16.3 Å². The Morgan fingerprint density at radius 2 is 1.85 bits per heavy atom. The molecule has 0 N–H and O–H groups in total. The van der Waals surface area contributed by atoms with Crippen molar-refractivity contribution in [3.05, 3.63) is 58.9 Å². The standard InChI is InChI=1S/C21H23FN2OS/c1-14-4-3-5-15(2)24(14)21(25)19-12-20-18(10-11-26-20)23(19)13-16-6-8-17(22)9-7-16/h6-12,14-15H,3-5,13H2,1-2H3. The minimum atomic E-state index is -0.241. The summed E-state index contributed by atoms with van der Waals surface area (Å²) in [6.07, 6.45) is 3.30. The lowest BCUT2D eigenvalue weighted by Gasteiger charge is -2.39. The summed E-state index contributed by atoms with van der Waals surface area (Å²) >= 11 is 1.65. The molecule has 5 heteroatoms. The van der Waals surface area contributed by atoms with Crippen molar-refractivity contribution in [1.82, 2.24) is 9.47 Å². The summed E-state index contributed by atoms with van der Waals surface area (Å²) in [4.78, 5) is 15.4. The Balaban J connectivity index is 1.73. The largest absolute Gasteiger partial charge is 0.332 e. The van der Waals surface area contributed by atoms with Gasteiger partial charge in [0.25, 0.3) is 5.91 Å². The first-order chi connectivity index (χ1) is 12.5. The molecule has 1 aliphatic heterocycles. The van der Waals surface area contributed by atoms with E-state index in [0.717, 1.165) is 34.3 Å². The van der Waals surface area contributed by atoms with Crippen LogP contribution in [0.1, 0.15) is 49.2 Å². The van der Waals surface area contributed by atoms with E-state index in [9.17, 15) is 9.18 Å². The minimum absolute atomic E-state index is 0.107. The SMILES string of the molecule is CC1CCCC(C)N1C(=O)c1cc2sccc2n1Cc1ccc(F)cc1. The second kappa shape index (κ2) is 6.88. The van der Waals surface area contributed by atoms with Gasteiger partial charge in [0.05, 0.1) is 10.2 Å². The summed E-state index contributed by atoms with van der Waals surface area (Å²) in [5, 5.41) is 2.05. The van der Waals surface area contributed by atoms with Crippen molar-refractivity contribution >= 4 is 27.5 Å². The first kappa shape index (κ1) is 17.3. The average Bonchev–Trinajstić information content (AvgIpc) is 3.19. The molecule has 26 heavy (non-hydrogen) atoms. The smallest absolute Gasteiger partial charge is 0.271 e. The Hall–Kier alpha value is -2.14. The number of carbonyl (C=O) groups excluding carboxylic acids is 1. The number of rotatable bonds is 3. The fourth-order valence-corrected chi connectivity index (χ4v) is 4.87. The van der Waals surface area contributed by atoms with Crippen LogP contribution in [-0.4, -0.2) is 27.5 Å². The second-order valence-electron chi connectivity index (χ2n) is 7.25. The summed E-state index contributed by atoms with van der Waals surface area (Å²) in [5.41, 5.74) is 2.79. The predicted octanol–water partition coefficient (Wildman–Crippen LogP) is 5.29. The number of amides is 1. The lowest BCUT2D eigenvalue weighted by molar-refractivity contribution is 0.0500. The van der Waals surface area contributed by atoms with Gasteiger partial charge in [0, 0.05) is 18.6 Å². The highest BCUT2D eigenvalue weighted by atomic mass is 32.1. The number of thiophene rings is 1.